The Morgan fingerprint density at radius 2 is 2.27 bits per heavy atom. The monoisotopic (exact) mass is 168 g/mol. The molecule has 0 aromatic heterocycles. The van der Waals surface area contributed by atoms with E-state index in [0.29, 0.717) is 12.3 Å². The highest BCUT2D eigenvalue weighted by Crippen LogP contribution is 2.36. The van der Waals surface area contributed by atoms with Gasteiger partial charge >= 0.3 is 0 Å². The van der Waals surface area contributed by atoms with Crippen molar-refractivity contribution in [2.24, 2.45) is 5.92 Å². The Balaban J connectivity index is 2.75. The Hall–Kier alpha value is -0.500. The molecule has 1 aliphatic rings. The van der Waals surface area contributed by atoms with E-state index in [4.69, 9.17) is 0 Å². The Labute approximate surface area is 71.6 Å². The standard InChI is InChI=1S/C9H12OS/c1-6(2)4-8-7(3)5-9(10)11-8/h4,6H,3,5H2,1-2H3/b8-4-. The molecule has 0 aliphatic carbocycles. The van der Waals surface area contributed by atoms with E-state index in [1.54, 1.807) is 0 Å². The third kappa shape index (κ3) is 2.22. The summed E-state index contributed by atoms with van der Waals surface area (Å²) >= 11 is 1.32. The number of carbonyl (C=O) groups excluding carboxylic acids is 1. The predicted molar refractivity (Wildman–Crippen MR) is 49.3 cm³/mol. The second kappa shape index (κ2) is 3.26. The van der Waals surface area contributed by atoms with Crippen LogP contribution in [0.3, 0.4) is 0 Å². The van der Waals surface area contributed by atoms with Crippen molar-refractivity contribution in [3.05, 3.63) is 23.1 Å². The van der Waals surface area contributed by atoms with Crippen LogP contribution in [0, 0.1) is 5.92 Å². The third-order valence-corrected chi connectivity index (χ3v) is 2.43. The van der Waals surface area contributed by atoms with E-state index in [1.165, 1.54) is 11.8 Å². The number of allylic oxidation sites excluding steroid dienone is 2. The van der Waals surface area contributed by atoms with Gasteiger partial charge in [0.25, 0.3) is 0 Å². The van der Waals surface area contributed by atoms with Crippen LogP contribution in [0.2, 0.25) is 0 Å². The van der Waals surface area contributed by atoms with E-state index in [2.05, 4.69) is 26.5 Å². The molecular weight excluding hydrogens is 156 g/mol. The molecule has 1 rings (SSSR count). The first kappa shape index (κ1) is 8.60. The molecule has 1 heterocycles. The Bertz CT molecular complexity index is 226. The van der Waals surface area contributed by atoms with Crippen molar-refractivity contribution < 1.29 is 4.79 Å². The highest BCUT2D eigenvalue weighted by atomic mass is 32.2. The molecule has 11 heavy (non-hydrogen) atoms. The van der Waals surface area contributed by atoms with E-state index >= 15 is 0 Å². The Morgan fingerprint density at radius 3 is 2.64 bits per heavy atom. The van der Waals surface area contributed by atoms with Crippen molar-refractivity contribution in [2.75, 3.05) is 0 Å². The molecular formula is C9H12OS. The largest absolute Gasteiger partial charge is 0.286 e. The number of hydrogen-bond donors (Lipinski definition) is 0. The molecule has 1 nitrogen and oxygen atoms in total. The van der Waals surface area contributed by atoms with Crippen LogP contribution in [0.1, 0.15) is 20.3 Å². The lowest BCUT2D eigenvalue weighted by molar-refractivity contribution is -0.110. The predicted octanol–water partition coefficient (Wildman–Crippen LogP) is 2.75. The van der Waals surface area contributed by atoms with Gasteiger partial charge in [-0.1, -0.05) is 38.3 Å². The zero-order chi connectivity index (χ0) is 8.43. The zero-order valence-corrected chi connectivity index (χ0v) is 7.70. The van der Waals surface area contributed by atoms with Crippen LogP contribution >= 0.6 is 11.8 Å². The topological polar surface area (TPSA) is 17.1 Å². The quantitative estimate of drug-likeness (QED) is 0.599. The van der Waals surface area contributed by atoms with Crippen molar-refractivity contribution >= 4 is 16.9 Å². The minimum Gasteiger partial charge on any atom is -0.286 e. The normalized spacial score (nSPS) is 22.3. The molecule has 0 amide bonds. The van der Waals surface area contributed by atoms with E-state index in [9.17, 15) is 4.79 Å². The van der Waals surface area contributed by atoms with Crippen molar-refractivity contribution in [2.45, 2.75) is 20.3 Å². The van der Waals surface area contributed by atoms with Crippen molar-refractivity contribution in [3.63, 3.8) is 0 Å². The Morgan fingerprint density at radius 1 is 1.64 bits per heavy atom. The first-order chi connectivity index (χ1) is 5.09. The van der Waals surface area contributed by atoms with E-state index in [-0.39, 0.29) is 5.12 Å². The summed E-state index contributed by atoms with van der Waals surface area (Å²) in [5.74, 6) is 0.500. The molecule has 0 spiro atoms. The smallest absolute Gasteiger partial charge is 0.198 e. The molecule has 0 aromatic carbocycles. The second-order valence-corrected chi connectivity index (χ2v) is 4.13. The molecule has 1 aliphatic heterocycles. The molecule has 1 fully saturated rings. The molecule has 1 saturated heterocycles. The number of hydrogen-bond acceptors (Lipinski definition) is 2. The van der Waals surface area contributed by atoms with Gasteiger partial charge in [-0.25, -0.2) is 0 Å². The van der Waals surface area contributed by atoms with E-state index < -0.39 is 0 Å². The lowest BCUT2D eigenvalue weighted by Gasteiger charge is -1.98. The maximum Gasteiger partial charge on any atom is 0.198 e. The third-order valence-electron chi connectivity index (χ3n) is 1.41. The van der Waals surface area contributed by atoms with Crippen LogP contribution in [0.4, 0.5) is 0 Å². The molecule has 0 saturated carbocycles. The maximum absolute atomic E-state index is 10.9. The molecule has 0 radical (unpaired) electrons. The lowest BCUT2D eigenvalue weighted by atomic mass is 10.1. The summed E-state index contributed by atoms with van der Waals surface area (Å²) in [5.41, 5.74) is 0.980. The van der Waals surface area contributed by atoms with Crippen molar-refractivity contribution in [1.29, 1.82) is 0 Å². The maximum atomic E-state index is 10.9. The fraction of sp³-hybridized carbons (Fsp3) is 0.444. The van der Waals surface area contributed by atoms with Gasteiger partial charge in [-0.3, -0.25) is 4.79 Å². The number of thioether (sulfide) groups is 1. The summed E-state index contributed by atoms with van der Waals surface area (Å²) in [5, 5.41) is 0.224. The summed E-state index contributed by atoms with van der Waals surface area (Å²) in [4.78, 5) is 12.0. The van der Waals surface area contributed by atoms with Gasteiger partial charge in [0, 0.05) is 11.3 Å². The molecule has 0 atom stereocenters. The van der Waals surface area contributed by atoms with Gasteiger partial charge in [0.1, 0.15) is 0 Å². The highest BCUT2D eigenvalue weighted by molar-refractivity contribution is 8.17. The van der Waals surface area contributed by atoms with Crippen LogP contribution < -0.4 is 0 Å². The minimum atomic E-state index is 0.224. The van der Waals surface area contributed by atoms with Crippen LogP contribution in [-0.4, -0.2) is 5.12 Å². The van der Waals surface area contributed by atoms with Gasteiger partial charge in [-0.05, 0) is 11.5 Å². The number of rotatable bonds is 1. The average Bonchev–Trinajstić information content (AvgIpc) is 2.09. The molecule has 0 aromatic rings. The van der Waals surface area contributed by atoms with E-state index in [0.717, 1.165) is 10.5 Å². The summed E-state index contributed by atoms with van der Waals surface area (Å²) in [6.45, 7) is 8.03. The van der Waals surface area contributed by atoms with Crippen molar-refractivity contribution in [3.8, 4) is 0 Å². The van der Waals surface area contributed by atoms with Gasteiger partial charge in [0.05, 0.1) is 0 Å². The molecule has 60 valence electrons. The molecule has 0 unspecified atom stereocenters. The van der Waals surface area contributed by atoms with E-state index in [1.807, 2.05) is 0 Å². The van der Waals surface area contributed by atoms with Crippen LogP contribution in [0.25, 0.3) is 0 Å². The summed E-state index contributed by atoms with van der Waals surface area (Å²) in [6.07, 6.45) is 2.63. The van der Waals surface area contributed by atoms with Crippen LogP contribution in [0.5, 0.6) is 0 Å². The van der Waals surface area contributed by atoms with Gasteiger partial charge < -0.3 is 0 Å². The Kier molecular flexibility index (Phi) is 2.55. The molecule has 0 N–H and O–H groups in total. The van der Waals surface area contributed by atoms with Gasteiger partial charge in [-0.15, -0.1) is 0 Å². The van der Waals surface area contributed by atoms with Crippen LogP contribution in [-0.2, 0) is 4.79 Å². The first-order valence-electron chi connectivity index (χ1n) is 3.70. The summed E-state index contributed by atoms with van der Waals surface area (Å²) < 4.78 is 0. The zero-order valence-electron chi connectivity index (χ0n) is 6.89. The van der Waals surface area contributed by atoms with Gasteiger partial charge in [0.2, 0.25) is 0 Å². The van der Waals surface area contributed by atoms with Gasteiger partial charge in [-0.2, -0.15) is 0 Å². The van der Waals surface area contributed by atoms with Crippen molar-refractivity contribution in [1.82, 2.24) is 0 Å². The summed E-state index contributed by atoms with van der Waals surface area (Å²) in [7, 11) is 0. The SMILES string of the molecule is C=C1CC(=O)S/C1=C\C(C)C. The number of carbonyl (C=O) groups is 1. The fourth-order valence-electron chi connectivity index (χ4n) is 0.947. The average molecular weight is 168 g/mol. The molecule has 0 bridgehead atoms. The lowest BCUT2D eigenvalue weighted by Crippen LogP contribution is -1.81. The fourth-order valence-corrected chi connectivity index (χ4v) is 2.00. The molecule has 2 heteroatoms. The highest BCUT2D eigenvalue weighted by Gasteiger charge is 2.20. The van der Waals surface area contributed by atoms with Gasteiger partial charge in [0.15, 0.2) is 5.12 Å². The minimum absolute atomic E-state index is 0.224. The van der Waals surface area contributed by atoms with Crippen LogP contribution in [0.15, 0.2) is 23.1 Å². The summed E-state index contributed by atoms with van der Waals surface area (Å²) in [6, 6.07) is 0. The second-order valence-electron chi connectivity index (χ2n) is 3.03. The first-order valence-corrected chi connectivity index (χ1v) is 4.52.